The van der Waals surface area contributed by atoms with E-state index in [4.69, 9.17) is 9.47 Å². The fraction of sp³-hybridized carbons (Fsp3) is 0.316. The lowest BCUT2D eigenvalue weighted by atomic mass is 10.1. The Kier molecular flexibility index (Phi) is 7.36. The van der Waals surface area contributed by atoms with E-state index in [-0.39, 0.29) is 11.4 Å². The lowest BCUT2D eigenvalue weighted by molar-refractivity contribution is -0.121. The van der Waals surface area contributed by atoms with Gasteiger partial charge in [0.15, 0.2) is 11.5 Å². The van der Waals surface area contributed by atoms with E-state index < -0.39 is 21.7 Å². The fourth-order valence-corrected chi connectivity index (χ4v) is 3.64. The van der Waals surface area contributed by atoms with E-state index in [9.17, 15) is 17.6 Å². The fourth-order valence-electron chi connectivity index (χ4n) is 2.51. The summed E-state index contributed by atoms with van der Waals surface area (Å²) in [6.07, 6.45) is 0.542. The first-order chi connectivity index (χ1) is 13.3. The van der Waals surface area contributed by atoms with Gasteiger partial charge in [-0.2, -0.15) is 4.31 Å². The van der Waals surface area contributed by atoms with Gasteiger partial charge in [-0.05, 0) is 48.4 Å². The van der Waals surface area contributed by atoms with Gasteiger partial charge in [-0.25, -0.2) is 12.8 Å². The van der Waals surface area contributed by atoms with Crippen molar-refractivity contribution in [2.75, 3.05) is 34.4 Å². The molecule has 0 heterocycles. The minimum Gasteiger partial charge on any atom is -0.493 e. The Hall–Kier alpha value is -2.65. The molecule has 2 rings (SSSR count). The molecule has 0 radical (unpaired) electrons. The average Bonchev–Trinajstić information content (AvgIpc) is 2.68. The van der Waals surface area contributed by atoms with Gasteiger partial charge in [0.25, 0.3) is 0 Å². The predicted octanol–water partition coefficient (Wildman–Crippen LogP) is 1.82. The molecule has 7 nitrogen and oxygen atoms in total. The Morgan fingerprint density at radius 1 is 1.07 bits per heavy atom. The monoisotopic (exact) mass is 410 g/mol. The van der Waals surface area contributed by atoms with Gasteiger partial charge in [-0.1, -0.05) is 6.07 Å². The van der Waals surface area contributed by atoms with Gasteiger partial charge in [0, 0.05) is 13.6 Å². The van der Waals surface area contributed by atoms with Crippen molar-refractivity contribution in [2.45, 2.75) is 11.3 Å². The maximum absolute atomic E-state index is 13.0. The van der Waals surface area contributed by atoms with Crippen molar-refractivity contribution in [1.29, 1.82) is 0 Å². The predicted molar refractivity (Wildman–Crippen MR) is 102 cm³/mol. The van der Waals surface area contributed by atoms with Gasteiger partial charge >= 0.3 is 0 Å². The third kappa shape index (κ3) is 5.43. The quantitative estimate of drug-likeness (QED) is 0.682. The average molecular weight is 410 g/mol. The van der Waals surface area contributed by atoms with Gasteiger partial charge in [-0.15, -0.1) is 0 Å². The summed E-state index contributed by atoms with van der Waals surface area (Å²) < 4.78 is 49.1. The van der Waals surface area contributed by atoms with Crippen LogP contribution in [0.4, 0.5) is 4.39 Å². The van der Waals surface area contributed by atoms with E-state index in [1.807, 2.05) is 12.1 Å². The minimum absolute atomic E-state index is 0.0745. The normalized spacial score (nSPS) is 11.3. The molecular weight excluding hydrogens is 387 g/mol. The van der Waals surface area contributed by atoms with E-state index >= 15 is 0 Å². The molecule has 0 atom stereocenters. The highest BCUT2D eigenvalue weighted by Gasteiger charge is 2.22. The lowest BCUT2D eigenvalue weighted by Gasteiger charge is -2.17. The van der Waals surface area contributed by atoms with Gasteiger partial charge in [-0.3, -0.25) is 4.79 Å². The Bertz CT molecular complexity index is 916. The maximum Gasteiger partial charge on any atom is 0.243 e. The number of ether oxygens (including phenoxy) is 2. The van der Waals surface area contributed by atoms with E-state index in [1.165, 1.54) is 7.05 Å². The molecule has 28 heavy (non-hydrogen) atoms. The molecule has 152 valence electrons. The Labute approximate surface area is 164 Å². The SMILES string of the molecule is COc1ccc(CCNC(=O)CN(C)S(=O)(=O)c2ccc(F)cc2)cc1OC. The molecule has 1 N–H and O–H groups in total. The Morgan fingerprint density at radius 2 is 1.71 bits per heavy atom. The largest absolute Gasteiger partial charge is 0.493 e. The number of nitrogens with zero attached hydrogens (tertiary/aromatic N) is 1. The third-order valence-electron chi connectivity index (χ3n) is 4.07. The number of methoxy groups -OCH3 is 2. The number of carbonyl (C=O) groups is 1. The summed E-state index contributed by atoms with van der Waals surface area (Å²) in [6, 6.07) is 9.90. The molecule has 0 fully saturated rings. The summed E-state index contributed by atoms with van der Waals surface area (Å²) in [5.74, 6) is 0.238. The summed E-state index contributed by atoms with van der Waals surface area (Å²) in [4.78, 5) is 12.0. The van der Waals surface area contributed by atoms with Crippen LogP contribution in [0.15, 0.2) is 47.4 Å². The number of rotatable bonds is 9. The molecule has 0 bridgehead atoms. The second-order valence-corrected chi connectivity index (χ2v) is 8.05. The van der Waals surface area contributed by atoms with Crippen LogP contribution in [0.3, 0.4) is 0 Å². The molecule has 1 amide bonds. The Balaban J connectivity index is 1.89. The van der Waals surface area contributed by atoms with Gasteiger partial charge in [0.2, 0.25) is 15.9 Å². The van der Waals surface area contributed by atoms with E-state index in [0.717, 1.165) is 34.1 Å². The second-order valence-electron chi connectivity index (χ2n) is 6.00. The van der Waals surface area contributed by atoms with E-state index in [2.05, 4.69) is 5.32 Å². The van der Waals surface area contributed by atoms with E-state index in [0.29, 0.717) is 24.5 Å². The van der Waals surface area contributed by atoms with Crippen LogP contribution in [0.2, 0.25) is 0 Å². The van der Waals surface area contributed by atoms with Crippen LogP contribution in [0.5, 0.6) is 11.5 Å². The number of likely N-dealkylation sites (N-methyl/N-ethyl adjacent to an activating group) is 1. The highest BCUT2D eigenvalue weighted by atomic mass is 32.2. The molecule has 0 aromatic heterocycles. The zero-order chi connectivity index (χ0) is 20.7. The van der Waals surface area contributed by atoms with Gasteiger partial charge in [0.05, 0.1) is 25.7 Å². The summed E-state index contributed by atoms with van der Waals surface area (Å²) in [6.45, 7) is -0.00953. The molecule has 0 aliphatic heterocycles. The first-order valence-electron chi connectivity index (χ1n) is 8.47. The van der Waals surface area contributed by atoms with Crippen molar-refractivity contribution >= 4 is 15.9 Å². The number of amides is 1. The van der Waals surface area contributed by atoms with Crippen LogP contribution in [0.1, 0.15) is 5.56 Å². The zero-order valence-electron chi connectivity index (χ0n) is 15.9. The first kappa shape index (κ1) is 21.6. The molecule has 2 aromatic rings. The number of hydrogen-bond donors (Lipinski definition) is 1. The van der Waals surface area contributed by atoms with Crippen molar-refractivity contribution in [3.05, 3.63) is 53.8 Å². The summed E-state index contributed by atoms with van der Waals surface area (Å²) in [7, 11) is 0.521. The van der Waals surface area contributed by atoms with Crippen molar-refractivity contribution in [2.24, 2.45) is 0 Å². The lowest BCUT2D eigenvalue weighted by Crippen LogP contribution is -2.39. The molecule has 9 heteroatoms. The third-order valence-corrected chi connectivity index (χ3v) is 5.89. The first-order valence-corrected chi connectivity index (χ1v) is 9.91. The topological polar surface area (TPSA) is 84.9 Å². The number of halogens is 1. The molecule has 2 aromatic carbocycles. The van der Waals surface area contributed by atoms with Crippen molar-refractivity contribution in [3.63, 3.8) is 0 Å². The van der Waals surface area contributed by atoms with E-state index in [1.54, 1.807) is 20.3 Å². The Morgan fingerprint density at radius 3 is 2.32 bits per heavy atom. The van der Waals surface area contributed by atoms with Crippen molar-refractivity contribution in [3.8, 4) is 11.5 Å². The smallest absolute Gasteiger partial charge is 0.243 e. The molecular formula is C19H23FN2O5S. The highest BCUT2D eigenvalue weighted by molar-refractivity contribution is 7.89. The minimum atomic E-state index is -3.87. The van der Waals surface area contributed by atoms with Crippen LogP contribution in [-0.2, 0) is 21.2 Å². The van der Waals surface area contributed by atoms with Crippen LogP contribution in [-0.4, -0.2) is 53.0 Å². The summed E-state index contributed by atoms with van der Waals surface area (Å²) in [5.41, 5.74) is 0.935. The zero-order valence-corrected chi connectivity index (χ0v) is 16.8. The van der Waals surface area contributed by atoms with Crippen molar-refractivity contribution < 1.29 is 27.1 Å². The van der Waals surface area contributed by atoms with Crippen LogP contribution < -0.4 is 14.8 Å². The number of carbonyl (C=O) groups excluding carboxylic acids is 1. The molecule has 0 saturated carbocycles. The summed E-state index contributed by atoms with van der Waals surface area (Å²) >= 11 is 0. The number of hydrogen-bond acceptors (Lipinski definition) is 5. The van der Waals surface area contributed by atoms with Gasteiger partial charge in [0.1, 0.15) is 5.82 Å². The van der Waals surface area contributed by atoms with Gasteiger partial charge < -0.3 is 14.8 Å². The van der Waals surface area contributed by atoms with Crippen molar-refractivity contribution in [1.82, 2.24) is 9.62 Å². The standard InChI is InChI=1S/C19H23FN2O5S/c1-22(28(24,25)16-7-5-15(20)6-8-16)13-19(23)21-11-10-14-4-9-17(26-2)18(12-14)27-3/h4-9,12H,10-11,13H2,1-3H3,(H,21,23). The number of nitrogens with one attached hydrogen (secondary N) is 1. The maximum atomic E-state index is 13.0. The molecule has 0 unspecified atom stereocenters. The molecule has 0 aliphatic rings. The van der Waals surface area contributed by atoms with Crippen LogP contribution >= 0.6 is 0 Å². The van der Waals surface area contributed by atoms with Crippen LogP contribution in [0.25, 0.3) is 0 Å². The van der Waals surface area contributed by atoms with Crippen LogP contribution in [0, 0.1) is 5.82 Å². The molecule has 0 spiro atoms. The number of sulfonamides is 1. The summed E-state index contributed by atoms with van der Waals surface area (Å²) in [5, 5.41) is 2.68. The molecule has 0 saturated heterocycles. The molecule has 0 aliphatic carbocycles. The number of benzene rings is 2. The highest BCUT2D eigenvalue weighted by Crippen LogP contribution is 2.27. The second kappa shape index (κ2) is 9.52.